The number of carbonyl (C=O) groups excluding carboxylic acids is 1. The Morgan fingerprint density at radius 2 is 2.11 bits per heavy atom. The molecule has 0 unspecified atom stereocenters. The molecule has 2 atom stereocenters. The van der Waals surface area contributed by atoms with Crippen LogP contribution >= 0.6 is 0 Å². The summed E-state index contributed by atoms with van der Waals surface area (Å²) < 4.78 is 0. The van der Waals surface area contributed by atoms with Crippen LogP contribution in [-0.2, 0) is 4.79 Å². The van der Waals surface area contributed by atoms with Crippen LogP contribution < -0.4 is 10.6 Å². The molecule has 19 heavy (non-hydrogen) atoms. The van der Waals surface area contributed by atoms with Crippen molar-refractivity contribution in [3.8, 4) is 0 Å². The van der Waals surface area contributed by atoms with E-state index >= 15 is 0 Å². The van der Waals surface area contributed by atoms with Gasteiger partial charge in [0.1, 0.15) is 0 Å². The molecule has 3 rings (SSSR count). The van der Waals surface area contributed by atoms with Gasteiger partial charge < -0.3 is 10.6 Å². The number of carbonyl (C=O) groups is 1. The van der Waals surface area contributed by atoms with Crippen LogP contribution in [0, 0.1) is 22.7 Å². The quantitative estimate of drug-likeness (QED) is 0.818. The van der Waals surface area contributed by atoms with Gasteiger partial charge in [-0.1, -0.05) is 26.7 Å². The van der Waals surface area contributed by atoms with E-state index in [1.165, 1.54) is 32.1 Å². The van der Waals surface area contributed by atoms with Crippen LogP contribution in [0.15, 0.2) is 0 Å². The van der Waals surface area contributed by atoms with Crippen molar-refractivity contribution in [1.82, 2.24) is 10.6 Å². The summed E-state index contributed by atoms with van der Waals surface area (Å²) >= 11 is 0. The van der Waals surface area contributed by atoms with Crippen molar-refractivity contribution in [1.29, 1.82) is 0 Å². The van der Waals surface area contributed by atoms with E-state index in [1.807, 2.05) is 0 Å². The summed E-state index contributed by atoms with van der Waals surface area (Å²) in [4.78, 5) is 12.7. The highest BCUT2D eigenvalue weighted by Gasteiger charge is 2.51. The SMILES string of the molecule is CC(C)C1(CNC(=O)[C@@]23CCCC[C@H]2CNC3)CC1. The van der Waals surface area contributed by atoms with Crippen LogP contribution in [0.3, 0.4) is 0 Å². The lowest BCUT2D eigenvalue weighted by molar-refractivity contribution is -0.134. The van der Waals surface area contributed by atoms with E-state index in [9.17, 15) is 4.79 Å². The third kappa shape index (κ3) is 2.20. The first kappa shape index (κ1) is 13.4. The van der Waals surface area contributed by atoms with Crippen LogP contribution in [0.1, 0.15) is 52.4 Å². The highest BCUT2D eigenvalue weighted by Crippen LogP contribution is 2.51. The average molecular weight is 264 g/mol. The zero-order valence-corrected chi connectivity index (χ0v) is 12.4. The number of hydrogen-bond donors (Lipinski definition) is 2. The van der Waals surface area contributed by atoms with Crippen molar-refractivity contribution in [2.24, 2.45) is 22.7 Å². The largest absolute Gasteiger partial charge is 0.355 e. The Kier molecular flexibility index (Phi) is 3.36. The smallest absolute Gasteiger partial charge is 0.227 e. The predicted molar refractivity (Wildman–Crippen MR) is 76.8 cm³/mol. The number of hydrogen-bond acceptors (Lipinski definition) is 2. The topological polar surface area (TPSA) is 41.1 Å². The average Bonchev–Trinajstić information content (AvgIpc) is 3.07. The third-order valence-electron chi connectivity index (χ3n) is 6.21. The Morgan fingerprint density at radius 1 is 1.32 bits per heavy atom. The zero-order valence-electron chi connectivity index (χ0n) is 12.4. The first-order valence-electron chi connectivity index (χ1n) is 8.08. The van der Waals surface area contributed by atoms with Crippen molar-refractivity contribution in [2.75, 3.05) is 19.6 Å². The molecular weight excluding hydrogens is 236 g/mol. The van der Waals surface area contributed by atoms with Gasteiger partial charge in [0.15, 0.2) is 0 Å². The summed E-state index contributed by atoms with van der Waals surface area (Å²) in [6.07, 6.45) is 7.43. The maximum Gasteiger partial charge on any atom is 0.227 e. The Balaban J connectivity index is 1.63. The van der Waals surface area contributed by atoms with Gasteiger partial charge in [-0.25, -0.2) is 0 Å². The van der Waals surface area contributed by atoms with Gasteiger partial charge in [-0.05, 0) is 49.5 Å². The second-order valence-corrected chi connectivity index (χ2v) is 7.43. The fourth-order valence-electron chi connectivity index (χ4n) is 4.24. The Hall–Kier alpha value is -0.570. The fourth-order valence-corrected chi connectivity index (χ4v) is 4.24. The van der Waals surface area contributed by atoms with Gasteiger partial charge in [-0.15, -0.1) is 0 Å². The molecule has 3 nitrogen and oxygen atoms in total. The molecule has 2 aliphatic carbocycles. The van der Waals surface area contributed by atoms with Crippen LogP contribution in [0.25, 0.3) is 0 Å². The van der Waals surface area contributed by atoms with E-state index in [1.54, 1.807) is 0 Å². The molecule has 1 heterocycles. The molecule has 0 spiro atoms. The summed E-state index contributed by atoms with van der Waals surface area (Å²) in [6.45, 7) is 7.43. The Labute approximate surface area is 116 Å². The van der Waals surface area contributed by atoms with E-state index in [2.05, 4.69) is 24.5 Å². The molecule has 0 aromatic carbocycles. The van der Waals surface area contributed by atoms with Gasteiger partial charge >= 0.3 is 0 Å². The Bertz CT molecular complexity index is 362. The normalized spacial score (nSPS) is 36.1. The molecule has 1 saturated heterocycles. The standard InChI is InChI=1S/C16H28N2O/c1-12(2)15(7-8-15)10-18-14(19)16-6-4-3-5-13(16)9-17-11-16/h12-13,17H,3-11H2,1-2H3,(H,18,19)/t13-,16+/m0/s1. The summed E-state index contributed by atoms with van der Waals surface area (Å²) in [5.74, 6) is 1.61. The lowest BCUT2D eigenvalue weighted by Crippen LogP contribution is -2.49. The molecule has 1 amide bonds. The third-order valence-corrected chi connectivity index (χ3v) is 6.21. The highest BCUT2D eigenvalue weighted by molar-refractivity contribution is 5.84. The number of fused-ring (bicyclic) bond motifs is 1. The van der Waals surface area contributed by atoms with Gasteiger partial charge in [0.05, 0.1) is 5.41 Å². The van der Waals surface area contributed by atoms with E-state index < -0.39 is 0 Å². The van der Waals surface area contributed by atoms with Crippen LogP contribution in [0.5, 0.6) is 0 Å². The second-order valence-electron chi connectivity index (χ2n) is 7.43. The van der Waals surface area contributed by atoms with Gasteiger partial charge in [-0.2, -0.15) is 0 Å². The van der Waals surface area contributed by atoms with E-state index in [0.717, 1.165) is 26.1 Å². The maximum absolute atomic E-state index is 12.7. The van der Waals surface area contributed by atoms with Gasteiger partial charge in [0.25, 0.3) is 0 Å². The van der Waals surface area contributed by atoms with Crippen molar-refractivity contribution in [3.05, 3.63) is 0 Å². The molecule has 0 aromatic heterocycles. The zero-order chi connectivity index (χ0) is 13.5. The molecule has 0 bridgehead atoms. The van der Waals surface area contributed by atoms with E-state index in [0.29, 0.717) is 23.2 Å². The van der Waals surface area contributed by atoms with Crippen LogP contribution in [0.2, 0.25) is 0 Å². The van der Waals surface area contributed by atoms with Gasteiger partial charge in [0.2, 0.25) is 5.91 Å². The van der Waals surface area contributed by atoms with Crippen LogP contribution in [-0.4, -0.2) is 25.5 Å². The minimum absolute atomic E-state index is 0.0781. The molecule has 2 saturated carbocycles. The predicted octanol–water partition coefficient (Wildman–Crippen LogP) is 2.32. The van der Waals surface area contributed by atoms with Crippen molar-refractivity contribution in [3.63, 3.8) is 0 Å². The molecule has 3 fully saturated rings. The first-order valence-corrected chi connectivity index (χ1v) is 8.08. The highest BCUT2D eigenvalue weighted by atomic mass is 16.2. The summed E-state index contributed by atoms with van der Waals surface area (Å²) in [5.41, 5.74) is 0.341. The molecule has 0 aromatic rings. The lowest BCUT2D eigenvalue weighted by atomic mass is 9.67. The summed E-state index contributed by atoms with van der Waals surface area (Å²) in [5, 5.41) is 6.78. The molecule has 3 heteroatoms. The molecule has 2 N–H and O–H groups in total. The molecule has 3 aliphatic rings. The molecule has 0 radical (unpaired) electrons. The summed E-state index contributed by atoms with van der Waals surface area (Å²) in [6, 6.07) is 0. The van der Waals surface area contributed by atoms with E-state index in [4.69, 9.17) is 0 Å². The lowest BCUT2D eigenvalue weighted by Gasteiger charge is -2.37. The number of amides is 1. The number of nitrogens with one attached hydrogen (secondary N) is 2. The molecule has 1 aliphatic heterocycles. The minimum atomic E-state index is -0.0781. The number of rotatable bonds is 4. The second kappa shape index (κ2) is 4.76. The monoisotopic (exact) mass is 264 g/mol. The van der Waals surface area contributed by atoms with Crippen molar-refractivity contribution < 1.29 is 4.79 Å². The minimum Gasteiger partial charge on any atom is -0.355 e. The van der Waals surface area contributed by atoms with Crippen molar-refractivity contribution >= 4 is 5.91 Å². The first-order chi connectivity index (χ1) is 9.09. The van der Waals surface area contributed by atoms with Crippen molar-refractivity contribution in [2.45, 2.75) is 52.4 Å². The van der Waals surface area contributed by atoms with Gasteiger partial charge in [0, 0.05) is 13.1 Å². The Morgan fingerprint density at radius 3 is 2.79 bits per heavy atom. The van der Waals surface area contributed by atoms with Gasteiger partial charge in [-0.3, -0.25) is 4.79 Å². The summed E-state index contributed by atoms with van der Waals surface area (Å²) in [7, 11) is 0. The van der Waals surface area contributed by atoms with Crippen LogP contribution in [0.4, 0.5) is 0 Å². The molecular formula is C16H28N2O. The van der Waals surface area contributed by atoms with E-state index in [-0.39, 0.29) is 5.41 Å². The fraction of sp³-hybridized carbons (Fsp3) is 0.938. The maximum atomic E-state index is 12.7. The molecule has 108 valence electrons.